The zero-order valence-corrected chi connectivity index (χ0v) is 10.6. The molecule has 0 aliphatic carbocycles. The Hall–Kier alpha value is -1.58. The van der Waals surface area contributed by atoms with E-state index in [0.29, 0.717) is 18.4 Å². The van der Waals surface area contributed by atoms with E-state index in [4.69, 9.17) is 0 Å². The van der Waals surface area contributed by atoms with Crippen molar-refractivity contribution in [1.29, 1.82) is 0 Å². The molecule has 0 aliphatic rings. The van der Waals surface area contributed by atoms with Crippen molar-refractivity contribution in [1.82, 2.24) is 5.01 Å². The highest BCUT2D eigenvalue weighted by molar-refractivity contribution is 5.28. The molecule has 2 atom stereocenters. The Morgan fingerprint density at radius 2 is 1.94 bits per heavy atom. The van der Waals surface area contributed by atoms with Crippen LogP contribution in [0.3, 0.4) is 0 Å². The molecule has 0 saturated heterocycles. The molecule has 0 unspecified atom stereocenters. The zero-order valence-electron chi connectivity index (χ0n) is 10.6. The van der Waals surface area contributed by atoms with Crippen LogP contribution in [0, 0.1) is 10.8 Å². The third-order valence-electron chi connectivity index (χ3n) is 3.14. The van der Waals surface area contributed by atoms with Gasteiger partial charge < -0.3 is 5.11 Å². The van der Waals surface area contributed by atoms with Crippen LogP contribution in [-0.4, -0.2) is 23.7 Å². The van der Waals surface area contributed by atoms with Crippen LogP contribution in [0.1, 0.15) is 31.7 Å². The molecule has 0 spiro atoms. The second-order valence-electron chi connectivity index (χ2n) is 4.51. The van der Waals surface area contributed by atoms with Gasteiger partial charge >= 0.3 is 0 Å². The van der Waals surface area contributed by atoms with Crippen LogP contribution in [0.5, 0.6) is 5.75 Å². The van der Waals surface area contributed by atoms with E-state index in [-0.39, 0.29) is 5.75 Å². The summed E-state index contributed by atoms with van der Waals surface area (Å²) in [6, 6.07) is 7.28. The van der Waals surface area contributed by atoms with Crippen LogP contribution < -0.4 is 0 Å². The third-order valence-corrected chi connectivity index (χ3v) is 3.14. The molecule has 1 N–H and O–H groups in total. The van der Waals surface area contributed by atoms with Crippen molar-refractivity contribution < 1.29 is 5.11 Å². The summed E-state index contributed by atoms with van der Waals surface area (Å²) in [4.78, 5) is 10.4. The maximum absolute atomic E-state index is 10.4. The molecule has 0 aliphatic heterocycles. The van der Waals surface area contributed by atoms with Gasteiger partial charge in [-0.1, -0.05) is 26.0 Å². The number of aromatic hydroxyl groups is 1. The summed E-state index contributed by atoms with van der Waals surface area (Å²) in [6.45, 7) is 4.88. The minimum absolute atomic E-state index is 0.280. The molecule has 0 radical (unpaired) electrons. The van der Waals surface area contributed by atoms with Gasteiger partial charge in [0.1, 0.15) is 5.75 Å². The Balaban J connectivity index is 2.76. The van der Waals surface area contributed by atoms with Gasteiger partial charge in [0.25, 0.3) is 0 Å². The van der Waals surface area contributed by atoms with Gasteiger partial charge in [-0.25, -0.2) is 0 Å². The van der Waals surface area contributed by atoms with Crippen molar-refractivity contribution in [3.8, 4) is 5.75 Å². The maximum Gasteiger partial charge on any atom is 0.115 e. The Morgan fingerprint density at radius 1 is 1.35 bits per heavy atom. The molecule has 0 amide bonds. The minimum atomic E-state index is 0.280. The number of nitrogens with zero attached hydrogens (tertiary/aromatic N) is 2. The average Bonchev–Trinajstić information content (AvgIpc) is 2.32. The molecule has 0 fully saturated rings. The molecular weight excluding hydrogens is 216 g/mol. The number of rotatable bonds is 6. The van der Waals surface area contributed by atoms with E-state index < -0.39 is 0 Å². The zero-order chi connectivity index (χ0) is 12.8. The topological polar surface area (TPSA) is 52.9 Å². The van der Waals surface area contributed by atoms with Crippen LogP contribution >= 0.6 is 0 Å². The van der Waals surface area contributed by atoms with E-state index in [9.17, 15) is 10.0 Å². The Morgan fingerprint density at radius 3 is 2.41 bits per heavy atom. The van der Waals surface area contributed by atoms with Crippen LogP contribution in [0.15, 0.2) is 29.6 Å². The highest BCUT2D eigenvalue weighted by Crippen LogP contribution is 2.29. The van der Waals surface area contributed by atoms with Crippen molar-refractivity contribution in [3.05, 3.63) is 34.7 Å². The van der Waals surface area contributed by atoms with Crippen LogP contribution in [0.2, 0.25) is 0 Å². The smallest absolute Gasteiger partial charge is 0.115 e. The second kappa shape index (κ2) is 6.23. The monoisotopic (exact) mass is 236 g/mol. The predicted octanol–water partition coefficient (Wildman–Crippen LogP) is 3.14. The van der Waals surface area contributed by atoms with Crippen molar-refractivity contribution >= 4 is 0 Å². The Labute approximate surface area is 102 Å². The van der Waals surface area contributed by atoms with Gasteiger partial charge in [-0.15, -0.1) is 4.91 Å². The van der Waals surface area contributed by atoms with Crippen LogP contribution in [0.4, 0.5) is 0 Å². The quantitative estimate of drug-likeness (QED) is 0.610. The molecular formula is C13H20N2O2. The molecule has 0 heterocycles. The van der Waals surface area contributed by atoms with E-state index in [1.54, 1.807) is 19.2 Å². The molecule has 4 nitrogen and oxygen atoms in total. The first-order chi connectivity index (χ1) is 8.08. The third kappa shape index (κ3) is 3.73. The summed E-state index contributed by atoms with van der Waals surface area (Å²) in [5.74, 6) is 0.995. The Kier molecular flexibility index (Phi) is 4.94. The highest BCUT2D eigenvalue weighted by atomic mass is 16.3. The first kappa shape index (κ1) is 13.5. The normalized spacial score (nSPS) is 14.1. The van der Waals surface area contributed by atoms with E-state index in [1.807, 2.05) is 12.1 Å². The number of phenols is 1. The Bertz CT molecular complexity index is 351. The fraction of sp³-hybridized carbons (Fsp3) is 0.538. The number of nitroso groups, excluding NO2 is 1. The van der Waals surface area contributed by atoms with Gasteiger partial charge in [0.15, 0.2) is 0 Å². The van der Waals surface area contributed by atoms with Crippen molar-refractivity contribution in [2.45, 2.75) is 26.2 Å². The lowest BCUT2D eigenvalue weighted by atomic mass is 9.85. The van der Waals surface area contributed by atoms with Gasteiger partial charge in [0, 0.05) is 13.6 Å². The van der Waals surface area contributed by atoms with Crippen LogP contribution in [0.25, 0.3) is 0 Å². The molecule has 4 heteroatoms. The minimum Gasteiger partial charge on any atom is -0.508 e. The van der Waals surface area contributed by atoms with E-state index >= 15 is 0 Å². The largest absolute Gasteiger partial charge is 0.508 e. The first-order valence-electron chi connectivity index (χ1n) is 5.91. The number of benzene rings is 1. The molecule has 1 aromatic rings. The second-order valence-corrected chi connectivity index (χ2v) is 4.51. The summed E-state index contributed by atoms with van der Waals surface area (Å²) in [5, 5.41) is 13.6. The summed E-state index contributed by atoms with van der Waals surface area (Å²) in [5.41, 5.74) is 1.19. The number of phenolic OH excluding ortho intramolecular Hbond substituents is 1. The van der Waals surface area contributed by atoms with Gasteiger partial charge in [0.2, 0.25) is 0 Å². The van der Waals surface area contributed by atoms with Crippen molar-refractivity contribution in [2.75, 3.05) is 13.6 Å². The lowest BCUT2D eigenvalue weighted by Crippen LogP contribution is -2.23. The highest BCUT2D eigenvalue weighted by Gasteiger charge is 2.19. The van der Waals surface area contributed by atoms with Gasteiger partial charge in [-0.2, -0.15) is 0 Å². The lowest BCUT2D eigenvalue weighted by Gasteiger charge is -2.25. The fourth-order valence-corrected chi connectivity index (χ4v) is 2.27. The maximum atomic E-state index is 10.4. The molecule has 94 valence electrons. The molecule has 1 aromatic carbocycles. The number of hydrogen-bond donors (Lipinski definition) is 1. The molecule has 17 heavy (non-hydrogen) atoms. The predicted molar refractivity (Wildman–Crippen MR) is 68.7 cm³/mol. The van der Waals surface area contributed by atoms with Gasteiger partial charge in [-0.3, -0.25) is 5.01 Å². The molecule has 1 rings (SSSR count). The van der Waals surface area contributed by atoms with E-state index in [1.165, 1.54) is 10.6 Å². The standard InChI is InChI=1S/C13H20N2O2/c1-4-13(10(2)9-15(3)14-17)11-5-7-12(16)8-6-11/h5-8,10,13,16H,4,9H2,1-3H3/t10-,13+/m0/s1. The SMILES string of the molecule is CC[C@@H](c1ccc(O)cc1)[C@@H](C)CN(C)N=O. The average molecular weight is 236 g/mol. The summed E-state index contributed by atoms with van der Waals surface area (Å²) in [6.07, 6.45) is 0.999. The van der Waals surface area contributed by atoms with Gasteiger partial charge in [0.05, 0.1) is 5.29 Å². The van der Waals surface area contributed by atoms with Gasteiger partial charge in [-0.05, 0) is 36.0 Å². The molecule has 0 aromatic heterocycles. The fourth-order valence-electron chi connectivity index (χ4n) is 2.27. The summed E-state index contributed by atoms with van der Waals surface area (Å²) < 4.78 is 0. The summed E-state index contributed by atoms with van der Waals surface area (Å²) >= 11 is 0. The molecule has 0 bridgehead atoms. The van der Waals surface area contributed by atoms with Crippen molar-refractivity contribution in [2.24, 2.45) is 11.2 Å². The summed E-state index contributed by atoms with van der Waals surface area (Å²) in [7, 11) is 1.69. The molecule has 0 saturated carbocycles. The van der Waals surface area contributed by atoms with E-state index in [2.05, 4.69) is 19.1 Å². The first-order valence-corrected chi connectivity index (χ1v) is 5.91. The van der Waals surface area contributed by atoms with Crippen molar-refractivity contribution in [3.63, 3.8) is 0 Å². The van der Waals surface area contributed by atoms with Crippen LogP contribution in [-0.2, 0) is 0 Å². The number of hydrogen-bond acceptors (Lipinski definition) is 3. The lowest BCUT2D eigenvalue weighted by molar-refractivity contribution is 0.267. The van der Waals surface area contributed by atoms with E-state index in [0.717, 1.165) is 6.42 Å².